The summed E-state index contributed by atoms with van der Waals surface area (Å²) in [6.45, 7) is 13.9. The molecule has 0 radical (unpaired) electrons. The van der Waals surface area contributed by atoms with Gasteiger partial charge in [-0.15, -0.1) is 0 Å². The normalized spacial score (nSPS) is 39.9. The van der Waals surface area contributed by atoms with Gasteiger partial charge in [-0.1, -0.05) is 45.9 Å². The molecular formula is C39H57NO11. The van der Waals surface area contributed by atoms with Gasteiger partial charge in [0.25, 0.3) is 0 Å². The molecule has 12 nitrogen and oxygen atoms in total. The quantitative estimate of drug-likeness (QED) is 0.217. The van der Waals surface area contributed by atoms with Crippen molar-refractivity contribution in [3.63, 3.8) is 0 Å². The molecule has 51 heavy (non-hydrogen) atoms. The van der Waals surface area contributed by atoms with E-state index in [0.717, 1.165) is 0 Å². The van der Waals surface area contributed by atoms with Gasteiger partial charge in [-0.2, -0.15) is 0 Å². The first-order chi connectivity index (χ1) is 23.9. The number of ether oxygens (including phenoxy) is 6. The van der Waals surface area contributed by atoms with Gasteiger partial charge in [-0.05, 0) is 73.2 Å². The highest BCUT2D eigenvalue weighted by Crippen LogP contribution is 2.45. The van der Waals surface area contributed by atoms with E-state index in [1.165, 1.54) is 14.0 Å². The van der Waals surface area contributed by atoms with Gasteiger partial charge in [0.05, 0.1) is 35.8 Å². The predicted octanol–water partition coefficient (Wildman–Crippen LogP) is 4.80. The molecule has 3 fully saturated rings. The van der Waals surface area contributed by atoms with E-state index in [1.54, 1.807) is 71.9 Å². The Hall–Kier alpha value is -3.19. The Kier molecular flexibility index (Phi) is 12.9. The molecule has 0 amide bonds. The Morgan fingerprint density at radius 2 is 1.61 bits per heavy atom. The van der Waals surface area contributed by atoms with Crippen molar-refractivity contribution in [1.82, 2.24) is 4.90 Å². The number of fused-ring (bicyclic) bond motifs is 1. The molecule has 3 aliphatic rings. The number of methoxy groups -OCH3 is 1. The number of cyclic esters (lactones) is 1. The molecule has 4 rings (SSSR count). The molecule has 3 heterocycles. The Balaban J connectivity index is 1.78. The number of rotatable bonds is 7. The van der Waals surface area contributed by atoms with Gasteiger partial charge in [0.1, 0.15) is 23.4 Å². The van der Waals surface area contributed by atoms with Crippen molar-refractivity contribution >= 4 is 29.5 Å². The third kappa shape index (κ3) is 8.40. The molecule has 3 aliphatic heterocycles. The molecule has 0 spiro atoms. The van der Waals surface area contributed by atoms with Crippen LogP contribution in [-0.4, -0.2) is 104 Å². The fourth-order valence-corrected chi connectivity index (χ4v) is 8.37. The second-order valence-electron chi connectivity index (χ2n) is 15.4. The van der Waals surface area contributed by atoms with Crippen molar-refractivity contribution in [2.24, 2.45) is 29.6 Å². The monoisotopic (exact) mass is 715 g/mol. The molecule has 3 saturated heterocycles. The summed E-state index contributed by atoms with van der Waals surface area (Å²) in [6.07, 6.45) is -3.33. The number of likely N-dealkylation sites (N-methyl/N-ethyl adjacent to an activating group) is 1. The fraction of sp³-hybridized carbons (Fsp3) is 0.718. The van der Waals surface area contributed by atoms with E-state index in [0.29, 0.717) is 18.4 Å². The van der Waals surface area contributed by atoms with Crippen LogP contribution >= 0.6 is 0 Å². The number of carbonyl (C=O) groups excluding carboxylic acids is 5. The van der Waals surface area contributed by atoms with Crippen LogP contribution in [0.25, 0.3) is 0 Å². The zero-order valence-electron chi connectivity index (χ0n) is 32.0. The van der Waals surface area contributed by atoms with Crippen LogP contribution in [0.1, 0.15) is 91.4 Å². The molecule has 0 saturated carbocycles. The highest BCUT2D eigenvalue weighted by atomic mass is 16.7. The number of benzene rings is 1. The highest BCUT2D eigenvalue weighted by Gasteiger charge is 2.57. The van der Waals surface area contributed by atoms with E-state index >= 15 is 0 Å². The maximum Gasteiger partial charge on any atom is 0.338 e. The maximum absolute atomic E-state index is 14.3. The summed E-state index contributed by atoms with van der Waals surface area (Å²) in [7, 11) is 5.26. The third-order valence-electron chi connectivity index (χ3n) is 11.5. The van der Waals surface area contributed by atoms with Crippen LogP contribution in [0.5, 0.6) is 0 Å². The zero-order chi connectivity index (χ0) is 38.0. The number of hydrogen-bond acceptors (Lipinski definition) is 12. The predicted molar refractivity (Wildman–Crippen MR) is 186 cm³/mol. The van der Waals surface area contributed by atoms with Crippen molar-refractivity contribution in [3.8, 4) is 0 Å². The lowest BCUT2D eigenvalue weighted by Gasteiger charge is -2.47. The van der Waals surface area contributed by atoms with Crippen molar-refractivity contribution in [2.75, 3.05) is 21.2 Å². The van der Waals surface area contributed by atoms with Gasteiger partial charge in [-0.3, -0.25) is 19.2 Å². The fourth-order valence-electron chi connectivity index (χ4n) is 8.37. The number of hydrogen-bond donors (Lipinski definition) is 0. The van der Waals surface area contributed by atoms with E-state index in [-0.39, 0.29) is 30.8 Å². The summed E-state index contributed by atoms with van der Waals surface area (Å²) in [4.78, 5) is 70.3. The lowest BCUT2D eigenvalue weighted by Crippen LogP contribution is -2.60. The molecular weight excluding hydrogens is 658 g/mol. The standard InChI is InChI=1S/C39H57NO11/c1-12-29-39(8)27(19-30(41)51-39)23(4)31(42)21(2)20-38(7,46-11)34(24(5)32(43)25(6)35(44)48-29)50-37-33(28(40(9)10)18-22(3)47-37)49-36(45)26-16-14-13-15-17-26/h13-17,21-25,27-29,33-34,37H,12,18-20H2,1-11H3/t21-,22-,23-,24+,25-,27-,28+,29-,33-,34-,37+,38-,39+/m1/s1. The van der Waals surface area contributed by atoms with E-state index in [2.05, 4.69) is 0 Å². The number of Topliss-reactive ketones (excluding diaryl/α,β-unsaturated/α-hetero) is 2. The lowest BCUT2D eigenvalue weighted by atomic mass is 9.70. The number of nitrogens with zero attached hydrogens (tertiary/aromatic N) is 1. The largest absolute Gasteiger partial charge is 0.458 e. The molecule has 284 valence electrons. The molecule has 1 aromatic rings. The SMILES string of the molecule is CC[C@H]1OC(=O)[C@H](C)C(=O)[C@H](C)[C@@H](O[C@@H]2O[C@H](C)C[C@H](N(C)C)[C@H]2OC(=O)c2ccccc2)[C@](C)(OC)C[C@@H](C)C(=O)[C@H](C)[C@H]2CC(=O)O[C@@]21C. The molecule has 0 unspecified atom stereocenters. The molecule has 0 N–H and O–H groups in total. The van der Waals surface area contributed by atoms with Crippen LogP contribution in [-0.2, 0) is 47.6 Å². The van der Waals surface area contributed by atoms with E-state index in [1.807, 2.05) is 25.9 Å². The van der Waals surface area contributed by atoms with Crippen molar-refractivity contribution < 1.29 is 52.4 Å². The average Bonchev–Trinajstić information content (AvgIpc) is 3.42. The van der Waals surface area contributed by atoms with Crippen molar-refractivity contribution in [3.05, 3.63) is 35.9 Å². The number of carbonyl (C=O) groups is 5. The molecule has 1 aromatic carbocycles. The topological polar surface area (TPSA) is 144 Å². The summed E-state index contributed by atoms with van der Waals surface area (Å²) in [5.74, 6) is -6.37. The smallest absolute Gasteiger partial charge is 0.338 e. The Morgan fingerprint density at radius 1 is 0.961 bits per heavy atom. The first-order valence-electron chi connectivity index (χ1n) is 18.2. The first-order valence-corrected chi connectivity index (χ1v) is 18.2. The second-order valence-corrected chi connectivity index (χ2v) is 15.4. The number of ketones is 2. The summed E-state index contributed by atoms with van der Waals surface area (Å²) in [6, 6.07) is 8.31. The molecule has 12 heteroatoms. The van der Waals surface area contributed by atoms with Gasteiger partial charge in [0, 0.05) is 30.8 Å². The highest BCUT2D eigenvalue weighted by molar-refractivity contribution is 6.00. The van der Waals surface area contributed by atoms with Gasteiger partial charge in [0.15, 0.2) is 18.2 Å². The first kappa shape index (κ1) is 40.6. The van der Waals surface area contributed by atoms with Gasteiger partial charge in [-0.25, -0.2) is 4.79 Å². The van der Waals surface area contributed by atoms with Crippen LogP contribution in [0.2, 0.25) is 0 Å². The minimum atomic E-state index is -1.28. The van der Waals surface area contributed by atoms with Crippen LogP contribution in [0, 0.1) is 29.6 Å². The Labute approximate surface area is 302 Å². The molecule has 0 aliphatic carbocycles. The minimum Gasteiger partial charge on any atom is -0.458 e. The van der Waals surface area contributed by atoms with E-state index in [9.17, 15) is 24.0 Å². The van der Waals surface area contributed by atoms with Crippen LogP contribution < -0.4 is 0 Å². The Morgan fingerprint density at radius 3 is 2.20 bits per heavy atom. The van der Waals surface area contributed by atoms with Gasteiger partial charge >= 0.3 is 17.9 Å². The van der Waals surface area contributed by atoms with E-state index < -0.39 is 89.1 Å². The van der Waals surface area contributed by atoms with Crippen molar-refractivity contribution in [2.45, 2.75) is 129 Å². The van der Waals surface area contributed by atoms with Crippen molar-refractivity contribution in [1.29, 1.82) is 0 Å². The average molecular weight is 716 g/mol. The second kappa shape index (κ2) is 16.2. The molecule has 0 bridgehead atoms. The number of esters is 3. The van der Waals surface area contributed by atoms with Gasteiger partial charge in [0.2, 0.25) is 0 Å². The van der Waals surface area contributed by atoms with E-state index in [4.69, 9.17) is 28.4 Å². The minimum absolute atomic E-state index is 0.00366. The summed E-state index contributed by atoms with van der Waals surface area (Å²) < 4.78 is 37.3. The van der Waals surface area contributed by atoms with Crippen LogP contribution in [0.3, 0.4) is 0 Å². The summed E-state index contributed by atoms with van der Waals surface area (Å²) >= 11 is 0. The lowest BCUT2D eigenvalue weighted by molar-refractivity contribution is -0.294. The zero-order valence-corrected chi connectivity index (χ0v) is 32.0. The third-order valence-corrected chi connectivity index (χ3v) is 11.5. The molecule has 0 aromatic heterocycles. The summed E-state index contributed by atoms with van der Waals surface area (Å²) in [5, 5.41) is 0. The Bertz CT molecular complexity index is 1430. The maximum atomic E-state index is 14.3. The van der Waals surface area contributed by atoms with Crippen LogP contribution in [0.4, 0.5) is 0 Å². The molecule has 13 atom stereocenters. The van der Waals surface area contributed by atoms with Crippen LogP contribution in [0.15, 0.2) is 30.3 Å². The summed E-state index contributed by atoms with van der Waals surface area (Å²) in [5.41, 5.74) is -2.17. The van der Waals surface area contributed by atoms with Gasteiger partial charge < -0.3 is 33.3 Å².